The topological polar surface area (TPSA) is 91.8 Å². The molecule has 178 valence electrons. The summed E-state index contributed by atoms with van der Waals surface area (Å²) in [6, 6.07) is 14.6. The third-order valence-electron chi connectivity index (χ3n) is 7.12. The Balaban J connectivity index is 1.14. The predicted molar refractivity (Wildman–Crippen MR) is 129 cm³/mol. The second kappa shape index (κ2) is 8.78. The van der Waals surface area contributed by atoms with Crippen LogP contribution in [0, 0.1) is 0 Å². The molecule has 4 heterocycles. The van der Waals surface area contributed by atoms with E-state index in [4.69, 9.17) is 4.74 Å². The van der Waals surface area contributed by atoms with Crippen LogP contribution in [-0.2, 0) is 11.3 Å². The molecule has 0 radical (unpaired) electrons. The standard InChI is InChI=1S/C27H26N4O4/c32-25-24(7-3-12-29-25)31-26(33)21-9-8-18(14-22(21)27(31)34)35-19-10-13-30(16-19)15-17-4-1-6-23-20(17)5-2-11-28-23/h1-2,4-6,8-9,11,14,19,24H,3,7,10,12-13,15-16H2,(H,29,32)/t19-,24?/m1/s1. The summed E-state index contributed by atoms with van der Waals surface area (Å²) in [5.74, 6) is -0.526. The first-order valence-electron chi connectivity index (χ1n) is 12.1. The second-order valence-corrected chi connectivity index (χ2v) is 9.39. The number of nitrogens with one attached hydrogen (secondary N) is 1. The average molecular weight is 471 g/mol. The first-order chi connectivity index (χ1) is 17.1. The molecule has 0 spiro atoms. The Kier molecular flexibility index (Phi) is 5.45. The maximum absolute atomic E-state index is 13.1. The summed E-state index contributed by atoms with van der Waals surface area (Å²) < 4.78 is 6.23. The lowest BCUT2D eigenvalue weighted by Crippen LogP contribution is -2.52. The van der Waals surface area contributed by atoms with Gasteiger partial charge in [0.25, 0.3) is 11.8 Å². The van der Waals surface area contributed by atoms with Crippen LogP contribution < -0.4 is 10.1 Å². The molecule has 1 N–H and O–H groups in total. The molecule has 0 aliphatic carbocycles. The number of fused-ring (bicyclic) bond motifs is 2. The summed E-state index contributed by atoms with van der Waals surface area (Å²) in [4.78, 5) is 46.1. The fourth-order valence-electron chi connectivity index (χ4n) is 5.37. The van der Waals surface area contributed by atoms with Crippen LogP contribution in [-0.4, -0.2) is 64.3 Å². The molecular formula is C27H26N4O4. The molecule has 2 atom stereocenters. The maximum Gasteiger partial charge on any atom is 0.262 e. The smallest absolute Gasteiger partial charge is 0.262 e. The largest absolute Gasteiger partial charge is 0.489 e. The summed E-state index contributed by atoms with van der Waals surface area (Å²) in [6.07, 6.45) is 3.91. The first-order valence-corrected chi connectivity index (χ1v) is 12.1. The van der Waals surface area contributed by atoms with E-state index in [0.717, 1.165) is 48.3 Å². The molecule has 2 saturated heterocycles. The van der Waals surface area contributed by atoms with Crippen molar-refractivity contribution in [1.82, 2.24) is 20.1 Å². The molecule has 0 saturated carbocycles. The number of amides is 3. The van der Waals surface area contributed by atoms with E-state index in [9.17, 15) is 14.4 Å². The molecule has 6 rings (SSSR count). The SMILES string of the molecule is O=C1NCCCC1N1C(=O)c2ccc(O[C@@H]3CCN(Cc4cccc5ncccc45)C3)cc2C1=O. The van der Waals surface area contributed by atoms with Gasteiger partial charge in [-0.1, -0.05) is 18.2 Å². The molecule has 2 aromatic carbocycles. The van der Waals surface area contributed by atoms with Crippen molar-refractivity contribution >= 4 is 28.6 Å². The second-order valence-electron chi connectivity index (χ2n) is 9.39. The van der Waals surface area contributed by atoms with Gasteiger partial charge in [0.05, 0.1) is 16.6 Å². The average Bonchev–Trinajstić information content (AvgIpc) is 3.41. The summed E-state index contributed by atoms with van der Waals surface area (Å²) >= 11 is 0. The number of carbonyl (C=O) groups excluding carboxylic acids is 3. The number of likely N-dealkylation sites (tertiary alicyclic amines) is 1. The number of hydrogen-bond acceptors (Lipinski definition) is 6. The Hall–Kier alpha value is -3.78. The van der Waals surface area contributed by atoms with Gasteiger partial charge in [0.15, 0.2) is 0 Å². The highest BCUT2D eigenvalue weighted by atomic mass is 16.5. The van der Waals surface area contributed by atoms with Crippen LogP contribution in [0.25, 0.3) is 10.9 Å². The fraction of sp³-hybridized carbons (Fsp3) is 0.333. The fourth-order valence-corrected chi connectivity index (χ4v) is 5.37. The molecule has 0 bridgehead atoms. The van der Waals surface area contributed by atoms with Crippen LogP contribution in [0.1, 0.15) is 45.5 Å². The van der Waals surface area contributed by atoms with Crippen LogP contribution in [0.5, 0.6) is 5.75 Å². The number of pyridine rings is 1. The molecule has 3 aromatic rings. The van der Waals surface area contributed by atoms with Gasteiger partial charge in [0.2, 0.25) is 5.91 Å². The predicted octanol–water partition coefficient (Wildman–Crippen LogP) is 2.76. The number of ether oxygens (including phenoxy) is 1. The molecule has 1 aromatic heterocycles. The first kappa shape index (κ1) is 21.7. The van der Waals surface area contributed by atoms with Gasteiger partial charge in [0.1, 0.15) is 17.9 Å². The summed E-state index contributed by atoms with van der Waals surface area (Å²) in [5, 5.41) is 3.91. The van der Waals surface area contributed by atoms with Crippen molar-refractivity contribution in [3.05, 3.63) is 71.4 Å². The number of benzene rings is 2. The Morgan fingerprint density at radius 2 is 1.89 bits per heavy atom. The molecular weight excluding hydrogens is 444 g/mol. The third kappa shape index (κ3) is 3.93. The minimum Gasteiger partial charge on any atom is -0.489 e. The minimum absolute atomic E-state index is 0.00594. The Morgan fingerprint density at radius 1 is 1.00 bits per heavy atom. The molecule has 8 nitrogen and oxygen atoms in total. The van der Waals surface area contributed by atoms with Gasteiger partial charge in [-0.15, -0.1) is 0 Å². The highest BCUT2D eigenvalue weighted by Gasteiger charge is 2.43. The number of rotatable bonds is 5. The number of carbonyl (C=O) groups is 3. The van der Waals surface area contributed by atoms with Crippen molar-refractivity contribution in [3.8, 4) is 5.75 Å². The number of aromatic nitrogens is 1. The van der Waals surface area contributed by atoms with Crippen molar-refractivity contribution in [3.63, 3.8) is 0 Å². The van der Waals surface area contributed by atoms with E-state index < -0.39 is 17.9 Å². The zero-order valence-corrected chi connectivity index (χ0v) is 19.3. The number of nitrogens with zero attached hydrogens (tertiary/aromatic N) is 3. The van der Waals surface area contributed by atoms with E-state index in [-0.39, 0.29) is 12.0 Å². The van der Waals surface area contributed by atoms with Gasteiger partial charge >= 0.3 is 0 Å². The van der Waals surface area contributed by atoms with Crippen LogP contribution in [0.3, 0.4) is 0 Å². The van der Waals surface area contributed by atoms with E-state index >= 15 is 0 Å². The normalized spacial score (nSPS) is 22.5. The third-order valence-corrected chi connectivity index (χ3v) is 7.12. The van der Waals surface area contributed by atoms with Crippen molar-refractivity contribution in [2.75, 3.05) is 19.6 Å². The van der Waals surface area contributed by atoms with Gasteiger partial charge in [-0.2, -0.15) is 0 Å². The summed E-state index contributed by atoms with van der Waals surface area (Å²) in [7, 11) is 0. The lowest BCUT2D eigenvalue weighted by Gasteiger charge is -2.28. The van der Waals surface area contributed by atoms with Crippen molar-refractivity contribution < 1.29 is 19.1 Å². The maximum atomic E-state index is 13.1. The summed E-state index contributed by atoms with van der Waals surface area (Å²) in [5.41, 5.74) is 2.88. The van der Waals surface area contributed by atoms with Crippen LogP contribution >= 0.6 is 0 Å². The van der Waals surface area contributed by atoms with Crippen molar-refractivity contribution in [1.29, 1.82) is 0 Å². The van der Waals surface area contributed by atoms with E-state index in [1.54, 1.807) is 18.2 Å². The molecule has 3 aliphatic heterocycles. The van der Waals surface area contributed by atoms with E-state index in [1.807, 2.05) is 24.4 Å². The van der Waals surface area contributed by atoms with E-state index in [1.165, 1.54) is 5.56 Å². The zero-order valence-electron chi connectivity index (χ0n) is 19.3. The molecule has 3 aliphatic rings. The van der Waals surface area contributed by atoms with Gasteiger partial charge in [0, 0.05) is 37.8 Å². The van der Waals surface area contributed by atoms with Gasteiger partial charge in [-0.3, -0.25) is 29.2 Å². The van der Waals surface area contributed by atoms with Gasteiger partial charge < -0.3 is 10.1 Å². The van der Waals surface area contributed by atoms with Gasteiger partial charge in [-0.25, -0.2) is 0 Å². The number of hydrogen-bond donors (Lipinski definition) is 1. The van der Waals surface area contributed by atoms with Crippen LogP contribution in [0.2, 0.25) is 0 Å². The molecule has 35 heavy (non-hydrogen) atoms. The van der Waals surface area contributed by atoms with Crippen molar-refractivity contribution in [2.24, 2.45) is 0 Å². The Morgan fingerprint density at radius 3 is 2.77 bits per heavy atom. The van der Waals surface area contributed by atoms with Crippen molar-refractivity contribution in [2.45, 2.75) is 38.0 Å². The van der Waals surface area contributed by atoms with E-state index in [2.05, 4.69) is 27.3 Å². The van der Waals surface area contributed by atoms with Crippen LogP contribution in [0.15, 0.2) is 54.7 Å². The number of imide groups is 1. The van der Waals surface area contributed by atoms with Crippen LogP contribution in [0.4, 0.5) is 0 Å². The zero-order chi connectivity index (χ0) is 23.9. The van der Waals surface area contributed by atoms with E-state index in [0.29, 0.717) is 29.8 Å². The highest BCUT2D eigenvalue weighted by Crippen LogP contribution is 2.31. The molecule has 8 heteroatoms. The molecule has 3 amide bonds. The number of piperidine rings is 1. The lowest BCUT2D eigenvalue weighted by molar-refractivity contribution is -0.126. The Bertz CT molecular complexity index is 1330. The van der Waals surface area contributed by atoms with Gasteiger partial charge in [-0.05, 0) is 55.2 Å². The Labute approximate surface area is 202 Å². The molecule has 2 fully saturated rings. The quantitative estimate of drug-likeness (QED) is 0.577. The molecule has 1 unspecified atom stereocenters. The monoisotopic (exact) mass is 470 g/mol. The minimum atomic E-state index is -0.742. The lowest BCUT2D eigenvalue weighted by atomic mass is 10.1. The highest BCUT2D eigenvalue weighted by molar-refractivity contribution is 6.23. The summed E-state index contributed by atoms with van der Waals surface area (Å²) in [6.45, 7) is 3.08.